The zero-order chi connectivity index (χ0) is 17.1. The standard InChI is InChI=1S/C19H21N3O3/c23-19(15-5-9-21-10-6-15)22-12-17(18-16(22)2-1-11-24-18)25-13-14-3-7-20-8-4-14/h3-10,16-18H,1-2,11-13H2/t16-,17-,18+/m1/s1. The minimum atomic E-state index is -0.107. The van der Waals surface area contributed by atoms with Crippen LogP contribution in [0.1, 0.15) is 28.8 Å². The number of ether oxygens (including phenoxy) is 2. The van der Waals surface area contributed by atoms with Crippen LogP contribution in [0.25, 0.3) is 0 Å². The fourth-order valence-electron chi connectivity index (χ4n) is 3.63. The molecular formula is C19H21N3O3. The molecule has 2 aromatic heterocycles. The van der Waals surface area contributed by atoms with Gasteiger partial charge in [0.15, 0.2) is 0 Å². The van der Waals surface area contributed by atoms with Gasteiger partial charge in [0.05, 0.1) is 19.2 Å². The van der Waals surface area contributed by atoms with Crippen molar-refractivity contribution in [3.63, 3.8) is 0 Å². The molecule has 130 valence electrons. The summed E-state index contributed by atoms with van der Waals surface area (Å²) >= 11 is 0. The SMILES string of the molecule is O=C(c1ccncc1)N1C[C@@H](OCc2ccncc2)[C@H]2OCCC[C@H]21. The zero-order valence-corrected chi connectivity index (χ0v) is 14.0. The number of rotatable bonds is 4. The summed E-state index contributed by atoms with van der Waals surface area (Å²) in [5.41, 5.74) is 1.73. The number of nitrogens with zero attached hydrogens (tertiary/aromatic N) is 3. The van der Waals surface area contributed by atoms with Crippen LogP contribution < -0.4 is 0 Å². The highest BCUT2D eigenvalue weighted by Crippen LogP contribution is 2.32. The highest BCUT2D eigenvalue weighted by atomic mass is 16.5. The number of amides is 1. The van der Waals surface area contributed by atoms with E-state index in [1.165, 1.54) is 0 Å². The summed E-state index contributed by atoms with van der Waals surface area (Å²) in [4.78, 5) is 22.8. The van der Waals surface area contributed by atoms with Gasteiger partial charge >= 0.3 is 0 Å². The van der Waals surface area contributed by atoms with Gasteiger partial charge in [-0.05, 0) is 42.7 Å². The van der Waals surface area contributed by atoms with E-state index in [9.17, 15) is 4.79 Å². The third-order valence-corrected chi connectivity index (χ3v) is 4.88. The highest BCUT2D eigenvalue weighted by Gasteiger charge is 2.46. The molecule has 0 bridgehead atoms. The second-order valence-electron chi connectivity index (χ2n) is 6.44. The van der Waals surface area contributed by atoms with Crippen LogP contribution in [0.2, 0.25) is 0 Å². The van der Waals surface area contributed by atoms with E-state index in [1.54, 1.807) is 36.9 Å². The average molecular weight is 339 g/mol. The quantitative estimate of drug-likeness (QED) is 0.853. The Hall–Kier alpha value is -2.31. The van der Waals surface area contributed by atoms with Crippen LogP contribution in [0.4, 0.5) is 0 Å². The summed E-state index contributed by atoms with van der Waals surface area (Å²) in [5.74, 6) is 0.0258. The first-order chi connectivity index (χ1) is 12.3. The molecule has 2 aliphatic rings. The molecule has 25 heavy (non-hydrogen) atoms. The smallest absolute Gasteiger partial charge is 0.254 e. The molecule has 0 radical (unpaired) electrons. The molecule has 6 heteroatoms. The Morgan fingerprint density at radius 2 is 1.88 bits per heavy atom. The molecule has 2 aliphatic heterocycles. The van der Waals surface area contributed by atoms with E-state index in [1.807, 2.05) is 17.0 Å². The number of carbonyl (C=O) groups is 1. The lowest BCUT2D eigenvalue weighted by atomic mass is 10.0. The molecule has 0 unspecified atom stereocenters. The average Bonchev–Trinajstić information content (AvgIpc) is 3.06. The number of carbonyl (C=O) groups excluding carboxylic acids is 1. The van der Waals surface area contributed by atoms with E-state index >= 15 is 0 Å². The molecule has 0 aromatic carbocycles. The van der Waals surface area contributed by atoms with E-state index in [0.29, 0.717) is 18.7 Å². The maximum atomic E-state index is 12.9. The van der Waals surface area contributed by atoms with Crippen molar-refractivity contribution in [3.8, 4) is 0 Å². The summed E-state index contributed by atoms with van der Waals surface area (Å²) in [6.07, 6.45) is 8.57. The lowest BCUT2D eigenvalue weighted by molar-refractivity contribution is -0.0809. The van der Waals surface area contributed by atoms with Gasteiger partial charge in [-0.2, -0.15) is 0 Å². The Kier molecular flexibility index (Phi) is 4.72. The van der Waals surface area contributed by atoms with Gasteiger partial charge in [-0.15, -0.1) is 0 Å². The van der Waals surface area contributed by atoms with Crippen LogP contribution in [-0.4, -0.2) is 52.2 Å². The molecule has 0 N–H and O–H groups in total. The van der Waals surface area contributed by atoms with Crippen molar-refractivity contribution < 1.29 is 14.3 Å². The Morgan fingerprint density at radius 3 is 2.64 bits per heavy atom. The summed E-state index contributed by atoms with van der Waals surface area (Å²) in [6, 6.07) is 7.47. The van der Waals surface area contributed by atoms with E-state index in [2.05, 4.69) is 9.97 Å². The normalized spacial score (nSPS) is 25.6. The molecule has 0 aliphatic carbocycles. The van der Waals surface area contributed by atoms with Gasteiger partial charge in [-0.1, -0.05) is 0 Å². The molecular weight excluding hydrogens is 318 g/mol. The number of fused-ring (bicyclic) bond motifs is 1. The first-order valence-corrected chi connectivity index (χ1v) is 8.66. The van der Waals surface area contributed by atoms with Crippen LogP contribution in [0, 0.1) is 0 Å². The van der Waals surface area contributed by atoms with Crippen molar-refractivity contribution in [2.24, 2.45) is 0 Å². The van der Waals surface area contributed by atoms with Crippen LogP contribution in [0.3, 0.4) is 0 Å². The molecule has 2 aromatic rings. The predicted octanol–water partition coefficient (Wildman–Crippen LogP) is 2.07. The molecule has 2 fully saturated rings. The van der Waals surface area contributed by atoms with Gasteiger partial charge in [0, 0.05) is 37.0 Å². The topological polar surface area (TPSA) is 64.6 Å². The molecule has 2 saturated heterocycles. The third-order valence-electron chi connectivity index (χ3n) is 4.88. The van der Waals surface area contributed by atoms with Crippen molar-refractivity contribution in [3.05, 3.63) is 60.2 Å². The van der Waals surface area contributed by atoms with Gasteiger partial charge in [0.2, 0.25) is 0 Å². The minimum Gasteiger partial charge on any atom is -0.373 e. The minimum absolute atomic E-state index is 0.0258. The Labute approximate surface area is 146 Å². The maximum absolute atomic E-state index is 12.9. The first kappa shape index (κ1) is 16.2. The molecule has 4 rings (SSSR count). The highest BCUT2D eigenvalue weighted by molar-refractivity contribution is 5.94. The maximum Gasteiger partial charge on any atom is 0.254 e. The number of hydrogen-bond acceptors (Lipinski definition) is 5. The van der Waals surface area contributed by atoms with Crippen LogP contribution in [0.15, 0.2) is 49.1 Å². The Bertz CT molecular complexity index is 710. The van der Waals surface area contributed by atoms with E-state index in [-0.39, 0.29) is 24.2 Å². The van der Waals surface area contributed by atoms with Crippen LogP contribution in [0.5, 0.6) is 0 Å². The van der Waals surface area contributed by atoms with Gasteiger partial charge in [0.1, 0.15) is 12.2 Å². The first-order valence-electron chi connectivity index (χ1n) is 8.66. The molecule has 0 saturated carbocycles. The predicted molar refractivity (Wildman–Crippen MR) is 90.8 cm³/mol. The number of aromatic nitrogens is 2. The second kappa shape index (κ2) is 7.29. The largest absolute Gasteiger partial charge is 0.373 e. The van der Waals surface area contributed by atoms with Crippen molar-refractivity contribution in [2.45, 2.75) is 37.7 Å². The number of pyridine rings is 2. The monoisotopic (exact) mass is 339 g/mol. The number of hydrogen-bond donors (Lipinski definition) is 0. The van der Waals surface area contributed by atoms with E-state index in [0.717, 1.165) is 25.0 Å². The summed E-state index contributed by atoms with van der Waals surface area (Å²) in [6.45, 7) is 1.78. The number of likely N-dealkylation sites (tertiary alicyclic amines) is 1. The Balaban J connectivity index is 1.48. The van der Waals surface area contributed by atoms with Gasteiger partial charge < -0.3 is 14.4 Å². The van der Waals surface area contributed by atoms with Crippen molar-refractivity contribution in [1.82, 2.24) is 14.9 Å². The van der Waals surface area contributed by atoms with E-state index < -0.39 is 0 Å². The molecule has 6 nitrogen and oxygen atoms in total. The fourth-order valence-corrected chi connectivity index (χ4v) is 3.63. The summed E-state index contributed by atoms with van der Waals surface area (Å²) < 4.78 is 12.1. The Morgan fingerprint density at radius 1 is 1.16 bits per heavy atom. The van der Waals surface area contributed by atoms with Crippen LogP contribution in [-0.2, 0) is 16.1 Å². The summed E-state index contributed by atoms with van der Waals surface area (Å²) in [5, 5.41) is 0. The molecule has 3 atom stereocenters. The van der Waals surface area contributed by atoms with Gasteiger partial charge in [0.25, 0.3) is 5.91 Å². The van der Waals surface area contributed by atoms with E-state index in [4.69, 9.17) is 9.47 Å². The van der Waals surface area contributed by atoms with Gasteiger partial charge in [-0.3, -0.25) is 14.8 Å². The molecule has 0 spiro atoms. The summed E-state index contributed by atoms with van der Waals surface area (Å²) in [7, 11) is 0. The van der Waals surface area contributed by atoms with Crippen molar-refractivity contribution >= 4 is 5.91 Å². The second-order valence-corrected chi connectivity index (χ2v) is 6.44. The van der Waals surface area contributed by atoms with Crippen molar-refractivity contribution in [2.75, 3.05) is 13.2 Å². The van der Waals surface area contributed by atoms with Gasteiger partial charge in [-0.25, -0.2) is 0 Å². The fraction of sp³-hybridized carbons (Fsp3) is 0.421. The third kappa shape index (κ3) is 3.41. The van der Waals surface area contributed by atoms with Crippen LogP contribution >= 0.6 is 0 Å². The molecule has 4 heterocycles. The zero-order valence-electron chi connectivity index (χ0n) is 14.0. The lowest BCUT2D eigenvalue weighted by Gasteiger charge is -2.32. The lowest BCUT2D eigenvalue weighted by Crippen LogP contribution is -2.43. The molecule has 1 amide bonds. The van der Waals surface area contributed by atoms with Crippen molar-refractivity contribution in [1.29, 1.82) is 0 Å².